The molecule has 0 aliphatic heterocycles. The van der Waals surface area contributed by atoms with Crippen molar-refractivity contribution in [1.82, 2.24) is 5.32 Å². The average Bonchev–Trinajstić information content (AvgIpc) is 2.60. The largest absolute Gasteiger partial charge is 0.494 e. The SMILES string of the molecule is CCCCOc1cccc(NCC(=O)NCc2ccccc2)c1. The summed E-state index contributed by atoms with van der Waals surface area (Å²) in [4.78, 5) is 11.9. The third-order valence-electron chi connectivity index (χ3n) is 3.39. The molecule has 0 saturated carbocycles. The average molecular weight is 312 g/mol. The predicted molar refractivity (Wildman–Crippen MR) is 93.6 cm³/mol. The zero-order valence-corrected chi connectivity index (χ0v) is 13.5. The molecule has 0 bridgehead atoms. The van der Waals surface area contributed by atoms with Crippen molar-refractivity contribution in [2.75, 3.05) is 18.5 Å². The molecule has 2 aromatic carbocycles. The zero-order valence-electron chi connectivity index (χ0n) is 13.5. The number of unbranched alkanes of at least 4 members (excludes halogenated alkanes) is 1. The molecule has 1 amide bonds. The minimum absolute atomic E-state index is 0.0360. The maximum atomic E-state index is 11.9. The number of hydrogen-bond donors (Lipinski definition) is 2. The molecule has 0 saturated heterocycles. The number of amides is 1. The maximum Gasteiger partial charge on any atom is 0.239 e. The van der Waals surface area contributed by atoms with Gasteiger partial charge in [-0.2, -0.15) is 0 Å². The van der Waals surface area contributed by atoms with Crippen LogP contribution in [0.1, 0.15) is 25.3 Å². The van der Waals surface area contributed by atoms with Crippen LogP contribution in [0.5, 0.6) is 5.75 Å². The standard InChI is InChI=1S/C19H24N2O2/c1-2-3-12-23-18-11-7-10-17(13-18)20-15-19(22)21-14-16-8-5-4-6-9-16/h4-11,13,20H,2-3,12,14-15H2,1H3,(H,21,22). The van der Waals surface area contributed by atoms with Gasteiger partial charge in [0.2, 0.25) is 5.91 Å². The first-order chi connectivity index (χ1) is 11.3. The van der Waals surface area contributed by atoms with E-state index in [2.05, 4.69) is 17.6 Å². The highest BCUT2D eigenvalue weighted by Gasteiger charge is 2.02. The van der Waals surface area contributed by atoms with Gasteiger partial charge >= 0.3 is 0 Å². The van der Waals surface area contributed by atoms with Crippen molar-refractivity contribution in [3.05, 3.63) is 60.2 Å². The van der Waals surface area contributed by atoms with Gasteiger partial charge in [0.1, 0.15) is 5.75 Å². The van der Waals surface area contributed by atoms with E-state index in [1.165, 1.54) is 0 Å². The molecule has 4 nitrogen and oxygen atoms in total. The Morgan fingerprint density at radius 2 is 1.91 bits per heavy atom. The molecule has 2 aromatic rings. The second-order valence-corrected chi connectivity index (χ2v) is 5.35. The quantitative estimate of drug-likeness (QED) is 0.696. The third-order valence-corrected chi connectivity index (χ3v) is 3.39. The highest BCUT2D eigenvalue weighted by molar-refractivity contribution is 5.80. The molecule has 0 aliphatic rings. The second-order valence-electron chi connectivity index (χ2n) is 5.35. The summed E-state index contributed by atoms with van der Waals surface area (Å²) in [6.07, 6.45) is 2.15. The van der Waals surface area contributed by atoms with E-state index in [4.69, 9.17) is 4.74 Å². The predicted octanol–water partition coefficient (Wildman–Crippen LogP) is 3.59. The van der Waals surface area contributed by atoms with Crippen LogP contribution in [0.2, 0.25) is 0 Å². The molecule has 122 valence electrons. The Kier molecular flexibility index (Phi) is 6.98. The molecule has 0 atom stereocenters. The highest BCUT2D eigenvalue weighted by atomic mass is 16.5. The van der Waals surface area contributed by atoms with Crippen molar-refractivity contribution in [3.63, 3.8) is 0 Å². The Hall–Kier alpha value is -2.49. The number of carbonyl (C=O) groups excluding carboxylic acids is 1. The lowest BCUT2D eigenvalue weighted by atomic mass is 10.2. The van der Waals surface area contributed by atoms with Crippen LogP contribution in [0.25, 0.3) is 0 Å². The van der Waals surface area contributed by atoms with Crippen LogP contribution in [-0.2, 0) is 11.3 Å². The number of carbonyl (C=O) groups is 1. The minimum atomic E-state index is -0.0360. The van der Waals surface area contributed by atoms with E-state index in [1.54, 1.807) is 0 Å². The molecule has 0 radical (unpaired) electrons. The van der Waals surface area contributed by atoms with E-state index in [0.29, 0.717) is 6.54 Å². The molecule has 2 N–H and O–H groups in total. The summed E-state index contributed by atoms with van der Waals surface area (Å²) >= 11 is 0. The van der Waals surface area contributed by atoms with Gasteiger partial charge in [-0.25, -0.2) is 0 Å². The van der Waals surface area contributed by atoms with Gasteiger partial charge in [-0.15, -0.1) is 0 Å². The van der Waals surface area contributed by atoms with Crippen LogP contribution in [-0.4, -0.2) is 19.1 Å². The van der Waals surface area contributed by atoms with Crippen LogP contribution in [0.15, 0.2) is 54.6 Å². The summed E-state index contributed by atoms with van der Waals surface area (Å²) in [7, 11) is 0. The molecule has 2 rings (SSSR count). The van der Waals surface area contributed by atoms with Gasteiger partial charge in [-0.1, -0.05) is 49.7 Å². The second kappa shape index (κ2) is 9.51. The molecule has 0 spiro atoms. The Balaban J connectivity index is 1.74. The number of ether oxygens (including phenoxy) is 1. The fourth-order valence-corrected chi connectivity index (χ4v) is 2.07. The van der Waals surface area contributed by atoms with E-state index >= 15 is 0 Å². The summed E-state index contributed by atoms with van der Waals surface area (Å²) in [6.45, 7) is 3.64. The summed E-state index contributed by atoms with van der Waals surface area (Å²) < 4.78 is 5.66. The first kappa shape index (κ1) is 16.9. The van der Waals surface area contributed by atoms with Crippen molar-refractivity contribution in [1.29, 1.82) is 0 Å². The van der Waals surface area contributed by atoms with Gasteiger partial charge in [0.05, 0.1) is 13.2 Å². The topological polar surface area (TPSA) is 50.4 Å². The number of benzene rings is 2. The minimum Gasteiger partial charge on any atom is -0.494 e. The Morgan fingerprint density at radius 1 is 1.09 bits per heavy atom. The molecule has 4 heteroatoms. The van der Waals surface area contributed by atoms with Gasteiger partial charge in [0.15, 0.2) is 0 Å². The van der Waals surface area contributed by atoms with E-state index < -0.39 is 0 Å². The number of rotatable bonds is 9. The molecule has 0 unspecified atom stereocenters. The summed E-state index contributed by atoms with van der Waals surface area (Å²) in [6, 6.07) is 17.6. The Morgan fingerprint density at radius 3 is 2.70 bits per heavy atom. The highest BCUT2D eigenvalue weighted by Crippen LogP contribution is 2.17. The molecule has 0 fully saturated rings. The van der Waals surface area contributed by atoms with Crippen molar-refractivity contribution in [2.45, 2.75) is 26.3 Å². The number of nitrogens with one attached hydrogen (secondary N) is 2. The fraction of sp³-hybridized carbons (Fsp3) is 0.316. The van der Waals surface area contributed by atoms with Crippen molar-refractivity contribution in [3.8, 4) is 5.75 Å². The van der Waals surface area contributed by atoms with Gasteiger partial charge in [0, 0.05) is 18.3 Å². The van der Waals surface area contributed by atoms with E-state index in [1.807, 2.05) is 54.6 Å². The first-order valence-corrected chi connectivity index (χ1v) is 8.05. The van der Waals surface area contributed by atoms with E-state index in [-0.39, 0.29) is 12.5 Å². The molecule has 0 aliphatic carbocycles. The molecular formula is C19H24N2O2. The van der Waals surface area contributed by atoms with Crippen LogP contribution in [0.4, 0.5) is 5.69 Å². The molecule has 23 heavy (non-hydrogen) atoms. The van der Waals surface area contributed by atoms with Crippen LogP contribution >= 0.6 is 0 Å². The number of anilines is 1. The van der Waals surface area contributed by atoms with Crippen LogP contribution in [0.3, 0.4) is 0 Å². The van der Waals surface area contributed by atoms with Crippen molar-refractivity contribution >= 4 is 11.6 Å². The lowest BCUT2D eigenvalue weighted by molar-refractivity contribution is -0.119. The molecular weight excluding hydrogens is 288 g/mol. The number of hydrogen-bond acceptors (Lipinski definition) is 3. The lowest BCUT2D eigenvalue weighted by Crippen LogP contribution is -2.29. The summed E-state index contributed by atoms with van der Waals surface area (Å²) in [5.41, 5.74) is 1.97. The molecule has 0 heterocycles. The smallest absolute Gasteiger partial charge is 0.239 e. The van der Waals surface area contributed by atoms with E-state index in [0.717, 1.165) is 36.4 Å². The van der Waals surface area contributed by atoms with Gasteiger partial charge < -0.3 is 15.4 Å². The Labute approximate surface area is 137 Å². The fourth-order valence-electron chi connectivity index (χ4n) is 2.07. The van der Waals surface area contributed by atoms with Crippen LogP contribution < -0.4 is 15.4 Å². The maximum absolute atomic E-state index is 11.9. The van der Waals surface area contributed by atoms with Crippen LogP contribution in [0, 0.1) is 0 Å². The lowest BCUT2D eigenvalue weighted by Gasteiger charge is -2.10. The van der Waals surface area contributed by atoms with Gasteiger partial charge in [0.25, 0.3) is 0 Å². The Bertz CT molecular complexity index is 599. The monoisotopic (exact) mass is 312 g/mol. The first-order valence-electron chi connectivity index (χ1n) is 8.05. The van der Waals surface area contributed by atoms with E-state index in [9.17, 15) is 4.79 Å². The zero-order chi connectivity index (χ0) is 16.3. The van der Waals surface area contributed by atoms with Crippen molar-refractivity contribution in [2.24, 2.45) is 0 Å². The summed E-state index contributed by atoms with van der Waals surface area (Å²) in [5, 5.41) is 6.01. The van der Waals surface area contributed by atoms with Crippen molar-refractivity contribution < 1.29 is 9.53 Å². The summed E-state index contributed by atoms with van der Waals surface area (Å²) in [5.74, 6) is 0.791. The van der Waals surface area contributed by atoms with Gasteiger partial charge in [-0.05, 0) is 24.1 Å². The molecule has 0 aromatic heterocycles. The van der Waals surface area contributed by atoms with Gasteiger partial charge in [-0.3, -0.25) is 4.79 Å². The normalized spacial score (nSPS) is 10.1. The third kappa shape index (κ3) is 6.43.